The molecule has 0 aliphatic heterocycles. The van der Waals surface area contributed by atoms with Crippen molar-refractivity contribution in [1.82, 2.24) is 0 Å². The zero-order chi connectivity index (χ0) is 15.4. The predicted molar refractivity (Wildman–Crippen MR) is 95.1 cm³/mol. The van der Waals surface area contributed by atoms with Gasteiger partial charge in [0.05, 0.1) is 5.69 Å². The molecular weight excluding hydrogens is 396 g/mol. The molecule has 110 valence electrons. The molecule has 0 saturated carbocycles. The molecule has 2 aromatic carbocycles. The van der Waals surface area contributed by atoms with Crippen LogP contribution in [0.1, 0.15) is 22.8 Å². The van der Waals surface area contributed by atoms with Gasteiger partial charge in [0.2, 0.25) is 0 Å². The van der Waals surface area contributed by atoms with Crippen molar-refractivity contribution in [2.45, 2.75) is 13.8 Å². The number of amides is 1. The van der Waals surface area contributed by atoms with E-state index in [9.17, 15) is 4.79 Å². The number of benzene rings is 2. The summed E-state index contributed by atoms with van der Waals surface area (Å²) in [6.07, 6.45) is 0. The third kappa shape index (κ3) is 3.86. The molecule has 0 radical (unpaired) electrons. The molecule has 2 rings (SSSR count). The Bertz CT molecular complexity index is 651. The van der Waals surface area contributed by atoms with Crippen molar-refractivity contribution in [1.29, 1.82) is 0 Å². The number of para-hydroxylation sites is 1. The fourth-order valence-electron chi connectivity index (χ4n) is 2.03. The van der Waals surface area contributed by atoms with E-state index in [1.165, 1.54) is 0 Å². The number of nitrogens with one attached hydrogen (secondary N) is 2. The summed E-state index contributed by atoms with van der Waals surface area (Å²) in [7, 11) is 0. The molecular formula is C16H16Br2N2O. The number of rotatable bonds is 4. The average Bonchev–Trinajstić information content (AvgIpc) is 2.43. The van der Waals surface area contributed by atoms with E-state index >= 15 is 0 Å². The summed E-state index contributed by atoms with van der Waals surface area (Å²) in [5.74, 6) is -0.122. The van der Waals surface area contributed by atoms with Gasteiger partial charge in [-0.05, 0) is 81.6 Å². The lowest BCUT2D eigenvalue weighted by molar-refractivity contribution is 0.102. The molecule has 0 unspecified atom stereocenters. The quantitative estimate of drug-likeness (QED) is 0.725. The number of anilines is 2. The molecule has 0 aliphatic carbocycles. The third-order valence-corrected chi connectivity index (χ3v) is 4.37. The molecule has 0 atom stereocenters. The highest BCUT2D eigenvalue weighted by Gasteiger charge is 2.13. The molecule has 21 heavy (non-hydrogen) atoms. The number of carbonyl (C=O) groups is 1. The zero-order valence-electron chi connectivity index (χ0n) is 11.8. The van der Waals surface area contributed by atoms with Crippen LogP contribution in [0, 0.1) is 6.92 Å². The number of aryl methyl sites for hydroxylation is 1. The number of carbonyl (C=O) groups excluding carboxylic acids is 1. The molecule has 3 nitrogen and oxygen atoms in total. The van der Waals surface area contributed by atoms with E-state index < -0.39 is 0 Å². The van der Waals surface area contributed by atoms with Gasteiger partial charge in [0, 0.05) is 26.7 Å². The van der Waals surface area contributed by atoms with E-state index in [1.54, 1.807) is 0 Å². The second kappa shape index (κ2) is 7.09. The van der Waals surface area contributed by atoms with Crippen LogP contribution in [-0.4, -0.2) is 12.5 Å². The van der Waals surface area contributed by atoms with E-state index in [-0.39, 0.29) is 5.91 Å². The van der Waals surface area contributed by atoms with Gasteiger partial charge in [-0.3, -0.25) is 4.79 Å². The second-order valence-electron chi connectivity index (χ2n) is 4.61. The van der Waals surface area contributed by atoms with Crippen LogP contribution in [0.15, 0.2) is 45.3 Å². The third-order valence-electron chi connectivity index (χ3n) is 3.05. The number of hydrogen-bond acceptors (Lipinski definition) is 2. The van der Waals surface area contributed by atoms with Crippen LogP contribution < -0.4 is 10.6 Å². The van der Waals surface area contributed by atoms with Crippen molar-refractivity contribution in [3.05, 3.63) is 56.5 Å². The van der Waals surface area contributed by atoms with Crippen LogP contribution in [-0.2, 0) is 0 Å². The first-order valence-corrected chi connectivity index (χ1v) is 8.21. The highest BCUT2D eigenvalue weighted by Crippen LogP contribution is 2.31. The molecule has 2 N–H and O–H groups in total. The highest BCUT2D eigenvalue weighted by atomic mass is 79.9. The Hall–Kier alpha value is -1.33. The van der Waals surface area contributed by atoms with E-state index in [4.69, 9.17) is 0 Å². The van der Waals surface area contributed by atoms with Crippen molar-refractivity contribution in [2.75, 3.05) is 17.2 Å². The summed E-state index contributed by atoms with van der Waals surface area (Å²) < 4.78 is 1.68. The molecule has 1 amide bonds. The topological polar surface area (TPSA) is 41.1 Å². The standard InChI is InChI=1S/C16H16Br2N2O/c1-3-19-11-7-8-12(10(2)9-11)16(21)20-15-13(17)5-4-6-14(15)18/h4-9,19H,3H2,1-2H3,(H,20,21). The maximum atomic E-state index is 12.4. The van der Waals surface area contributed by atoms with Gasteiger partial charge in [-0.25, -0.2) is 0 Å². The molecule has 0 aliphatic rings. The fraction of sp³-hybridized carbons (Fsp3) is 0.188. The van der Waals surface area contributed by atoms with Gasteiger partial charge in [-0.15, -0.1) is 0 Å². The summed E-state index contributed by atoms with van der Waals surface area (Å²) in [5.41, 5.74) is 3.36. The monoisotopic (exact) mass is 410 g/mol. The van der Waals surface area contributed by atoms with E-state index in [0.29, 0.717) is 5.56 Å². The maximum absolute atomic E-state index is 12.4. The van der Waals surface area contributed by atoms with Crippen molar-refractivity contribution < 1.29 is 4.79 Å². The van der Waals surface area contributed by atoms with Crippen molar-refractivity contribution >= 4 is 49.1 Å². The summed E-state index contributed by atoms with van der Waals surface area (Å²) in [4.78, 5) is 12.4. The Balaban J connectivity index is 2.25. The Labute approximate surface area is 141 Å². The number of hydrogen-bond donors (Lipinski definition) is 2. The molecule has 0 aromatic heterocycles. The van der Waals surface area contributed by atoms with Gasteiger partial charge in [0.1, 0.15) is 0 Å². The van der Waals surface area contributed by atoms with Gasteiger partial charge in [-0.2, -0.15) is 0 Å². The lowest BCUT2D eigenvalue weighted by Gasteiger charge is -2.12. The predicted octanol–water partition coefficient (Wildman–Crippen LogP) is 5.20. The van der Waals surface area contributed by atoms with E-state index in [1.807, 2.05) is 50.2 Å². The van der Waals surface area contributed by atoms with Crippen LogP contribution in [0.3, 0.4) is 0 Å². The van der Waals surface area contributed by atoms with Crippen LogP contribution in [0.25, 0.3) is 0 Å². The highest BCUT2D eigenvalue weighted by molar-refractivity contribution is 9.11. The first-order valence-electron chi connectivity index (χ1n) is 6.62. The van der Waals surface area contributed by atoms with Crippen LogP contribution in [0.5, 0.6) is 0 Å². The van der Waals surface area contributed by atoms with Crippen LogP contribution in [0.2, 0.25) is 0 Å². The summed E-state index contributed by atoms with van der Waals surface area (Å²) in [6.45, 7) is 4.83. The van der Waals surface area contributed by atoms with E-state index in [0.717, 1.165) is 32.4 Å². The molecule has 5 heteroatoms. The summed E-state index contributed by atoms with van der Waals surface area (Å²) in [5, 5.41) is 6.17. The van der Waals surface area contributed by atoms with E-state index in [2.05, 4.69) is 42.5 Å². The first-order chi connectivity index (χ1) is 10.0. The van der Waals surface area contributed by atoms with Gasteiger partial charge in [-0.1, -0.05) is 6.07 Å². The van der Waals surface area contributed by atoms with Crippen LogP contribution in [0.4, 0.5) is 11.4 Å². The Morgan fingerprint density at radius 2 is 1.81 bits per heavy atom. The van der Waals surface area contributed by atoms with Crippen molar-refractivity contribution in [2.24, 2.45) is 0 Å². The molecule has 0 heterocycles. The minimum Gasteiger partial charge on any atom is -0.385 e. The maximum Gasteiger partial charge on any atom is 0.255 e. The van der Waals surface area contributed by atoms with Gasteiger partial charge in [0.25, 0.3) is 5.91 Å². The lowest BCUT2D eigenvalue weighted by atomic mass is 10.1. The molecule has 2 aromatic rings. The van der Waals surface area contributed by atoms with Crippen LogP contribution >= 0.6 is 31.9 Å². The van der Waals surface area contributed by atoms with Gasteiger partial charge < -0.3 is 10.6 Å². The second-order valence-corrected chi connectivity index (χ2v) is 6.32. The average molecular weight is 412 g/mol. The molecule has 0 saturated heterocycles. The summed E-state index contributed by atoms with van der Waals surface area (Å²) >= 11 is 6.89. The largest absolute Gasteiger partial charge is 0.385 e. The Kier molecular flexibility index (Phi) is 5.42. The summed E-state index contributed by atoms with van der Waals surface area (Å²) in [6, 6.07) is 11.4. The molecule has 0 fully saturated rings. The smallest absolute Gasteiger partial charge is 0.255 e. The molecule has 0 spiro atoms. The zero-order valence-corrected chi connectivity index (χ0v) is 15.0. The lowest BCUT2D eigenvalue weighted by Crippen LogP contribution is -2.14. The minimum absolute atomic E-state index is 0.122. The fourth-order valence-corrected chi connectivity index (χ4v) is 3.23. The Morgan fingerprint density at radius 1 is 1.14 bits per heavy atom. The number of halogens is 2. The minimum atomic E-state index is -0.122. The first kappa shape index (κ1) is 16.0. The van der Waals surface area contributed by atoms with Gasteiger partial charge in [0.15, 0.2) is 0 Å². The molecule has 0 bridgehead atoms. The van der Waals surface area contributed by atoms with Crippen molar-refractivity contribution in [3.8, 4) is 0 Å². The normalized spacial score (nSPS) is 10.3. The Morgan fingerprint density at radius 3 is 2.38 bits per heavy atom. The van der Waals surface area contributed by atoms with Gasteiger partial charge >= 0.3 is 0 Å². The SMILES string of the molecule is CCNc1ccc(C(=O)Nc2c(Br)cccc2Br)c(C)c1. The van der Waals surface area contributed by atoms with Crippen molar-refractivity contribution in [3.63, 3.8) is 0 Å².